The number of benzene rings is 6. The number of aliphatic carboxylic acids is 1. The van der Waals surface area contributed by atoms with Crippen LogP contribution in [0.15, 0.2) is 232 Å². The van der Waals surface area contributed by atoms with E-state index in [9.17, 15) is 69.0 Å². The van der Waals surface area contributed by atoms with Crippen LogP contribution in [0, 0.1) is 70.8 Å². The van der Waals surface area contributed by atoms with Gasteiger partial charge in [0.05, 0.1) is 33.4 Å². The van der Waals surface area contributed by atoms with Crippen LogP contribution in [0.2, 0.25) is 0 Å². The van der Waals surface area contributed by atoms with Gasteiger partial charge in [0.2, 0.25) is 11.8 Å². The van der Waals surface area contributed by atoms with Gasteiger partial charge in [-0.3, -0.25) is 74.2 Å². The van der Waals surface area contributed by atoms with E-state index in [1.165, 1.54) is 0 Å². The van der Waals surface area contributed by atoms with Gasteiger partial charge in [0.25, 0.3) is 11.8 Å². The first-order valence-electron chi connectivity index (χ1n) is 34.0. The number of rotatable bonds is 17. The van der Waals surface area contributed by atoms with Gasteiger partial charge in [-0.05, 0) is 128 Å². The summed E-state index contributed by atoms with van der Waals surface area (Å²) < 4.78 is 103. The summed E-state index contributed by atoms with van der Waals surface area (Å²) in [6.07, 6.45) is 15.3. The van der Waals surface area contributed by atoms with Crippen molar-refractivity contribution >= 4 is 90.6 Å². The van der Waals surface area contributed by atoms with Gasteiger partial charge in [0, 0.05) is 156 Å². The second kappa shape index (κ2) is 45.7. The van der Waals surface area contributed by atoms with E-state index in [1.54, 1.807) is 128 Å². The van der Waals surface area contributed by atoms with E-state index in [1.807, 2.05) is 54.6 Å². The number of pyridine rings is 8. The number of amides is 4. The van der Waals surface area contributed by atoms with Crippen LogP contribution in [0.5, 0.6) is 0 Å². The van der Waals surface area contributed by atoms with Crippen LogP contribution in [0.25, 0.3) is 88.6 Å². The van der Waals surface area contributed by atoms with Gasteiger partial charge in [-0.15, -0.1) is 53.6 Å². The Kier molecular flexibility index (Phi) is 36.3. The van der Waals surface area contributed by atoms with Crippen molar-refractivity contribution in [2.75, 3.05) is 10.6 Å². The molecule has 115 heavy (non-hydrogen) atoms. The van der Waals surface area contributed by atoms with Crippen molar-refractivity contribution in [2.24, 2.45) is 0 Å². The van der Waals surface area contributed by atoms with Crippen LogP contribution in [-0.4, -0.2) is 80.5 Å². The molecule has 1 aliphatic heterocycles. The van der Waals surface area contributed by atoms with Crippen LogP contribution >= 0.6 is 0 Å². The summed E-state index contributed by atoms with van der Waals surface area (Å²) in [5.74, 6) is -8.26. The standard InChI is InChI=1S/C22H20N4O5.C18H17N3O3.4C11H6F2N.2CH4.2Ir/c27-17(7-1-2-8-20(30)31-26-18(28)9-10-19(26)29)25-16-13-14-5-3-11-23-21(14)22-15(16)6-4-12-24-22;22-15(7-1-2-8-16(23)24)21-14-11-12-5-3-9-19-17(12)18-13(14)6-4-10-20-18;4*12-8-4-5-9(10(13)7-8)11-3-1-2-6-14-11;;;;/h3-6,11-13H,1-2,7-10H2,(H,25,27);3-6,9-11H,1-2,7-8H2,(H,21,22)(H,23,24);4*1-4,6-7H;2*1H4;;/q;;4*-1;;;2*+3/p-1. The van der Waals surface area contributed by atoms with Crippen LogP contribution in [0.3, 0.4) is 0 Å². The average Bonchev–Trinajstić information content (AvgIpc) is 1.77. The molecule has 588 valence electrons. The number of anilines is 2. The Morgan fingerprint density at radius 2 is 0.678 bits per heavy atom. The zero-order chi connectivity index (χ0) is 78.6. The van der Waals surface area contributed by atoms with Gasteiger partial charge in [0.15, 0.2) is 0 Å². The van der Waals surface area contributed by atoms with Crippen LogP contribution in [0.1, 0.15) is 79.1 Å². The zero-order valence-electron chi connectivity index (χ0n) is 59.0. The minimum absolute atomic E-state index is 0. The third kappa shape index (κ3) is 26.5. The van der Waals surface area contributed by atoms with Crippen LogP contribution in [0.4, 0.5) is 46.5 Å². The molecule has 15 rings (SSSR count). The number of carbonyl (C=O) groups is 6. The third-order valence-corrected chi connectivity index (χ3v) is 15.9. The molecule has 0 aliphatic carbocycles. The number of hydroxylamine groups is 2. The van der Waals surface area contributed by atoms with Crippen molar-refractivity contribution < 1.29 is 114 Å². The molecule has 1 saturated heterocycles. The van der Waals surface area contributed by atoms with Crippen molar-refractivity contribution in [3.05, 3.63) is 302 Å². The summed E-state index contributed by atoms with van der Waals surface area (Å²) in [5, 5.41) is 20.1. The maximum atomic E-state index is 13.2. The largest absolute Gasteiger partial charge is 3.00 e. The molecule has 14 aromatic rings. The van der Waals surface area contributed by atoms with Crippen molar-refractivity contribution in [3.63, 3.8) is 0 Å². The van der Waals surface area contributed by atoms with Gasteiger partial charge in [-0.2, -0.15) is 0 Å². The molecule has 0 spiro atoms. The fourth-order valence-corrected chi connectivity index (χ4v) is 10.7. The minimum atomic E-state index is -1.09. The number of hydrogen-bond acceptors (Lipinski definition) is 16. The molecule has 1 fully saturated rings. The SMILES string of the molecule is C.C.Fc1c[c-]c(-c2ccccn2)c(F)c1.Fc1c[c-]c(-c2ccccn2)c(F)c1.Fc1c[c-]c(-c2ccccn2)c(F)c1.Fc1c[c-]c(-c2ccccn2)c(F)c1.O=C(CCCCC(=O)ON1C(=O)CCC1=O)Nc1cc2cccnc2c2ncccc12.O=C([O-])CCCCC(=O)Nc1cc2cccnc2c2ncccc12.[Ir+3].[Ir+3]. The van der Waals surface area contributed by atoms with E-state index >= 15 is 0 Å². The summed E-state index contributed by atoms with van der Waals surface area (Å²) >= 11 is 0. The van der Waals surface area contributed by atoms with E-state index in [4.69, 9.17) is 4.84 Å². The van der Waals surface area contributed by atoms with E-state index < -0.39 is 70.3 Å². The number of aromatic nitrogens is 8. The van der Waals surface area contributed by atoms with E-state index in [0.717, 1.165) is 86.6 Å². The maximum absolute atomic E-state index is 13.2. The molecule has 8 aromatic heterocycles. The summed E-state index contributed by atoms with van der Waals surface area (Å²) in [6, 6.07) is 56.7. The Balaban J connectivity index is 0.000000220. The molecule has 1 aliphatic rings. The molecule has 29 heteroatoms. The number of nitrogens with one attached hydrogen (secondary N) is 2. The monoisotopic (exact) mass is 1920 g/mol. The first kappa shape index (κ1) is 91.2. The molecule has 0 bridgehead atoms. The minimum Gasteiger partial charge on any atom is -0.550 e. The molecule has 2 N–H and O–H groups in total. The second-order valence-electron chi connectivity index (χ2n) is 23.7. The normalized spacial score (nSPS) is 10.9. The number of nitrogens with zero attached hydrogens (tertiary/aromatic N) is 9. The molecule has 4 amide bonds. The number of halogens is 8. The fourth-order valence-electron chi connectivity index (χ4n) is 10.7. The van der Waals surface area contributed by atoms with E-state index in [0.29, 0.717) is 70.4 Å². The molecular formula is C86H68F8Ir2N11O8+. The maximum Gasteiger partial charge on any atom is 3.00 e. The Hall–Kier alpha value is -12.7. The van der Waals surface area contributed by atoms with Crippen LogP contribution in [-0.2, 0) is 73.8 Å². The molecule has 0 atom stereocenters. The molecule has 6 aromatic carbocycles. The molecule has 19 nitrogen and oxygen atoms in total. The van der Waals surface area contributed by atoms with Crippen LogP contribution < -0.4 is 15.7 Å². The van der Waals surface area contributed by atoms with Crippen molar-refractivity contribution in [1.82, 2.24) is 44.9 Å². The summed E-state index contributed by atoms with van der Waals surface area (Å²) in [6.45, 7) is 0. The van der Waals surface area contributed by atoms with Crippen molar-refractivity contribution in [2.45, 2.75) is 79.1 Å². The number of carboxylic acids is 1. The Labute approximate surface area is 682 Å². The van der Waals surface area contributed by atoms with Gasteiger partial charge in [-0.1, -0.05) is 122 Å². The molecule has 9 heterocycles. The summed E-state index contributed by atoms with van der Waals surface area (Å²) in [4.78, 5) is 108. The van der Waals surface area contributed by atoms with Crippen molar-refractivity contribution in [1.29, 1.82) is 0 Å². The summed E-state index contributed by atoms with van der Waals surface area (Å²) in [5.41, 5.74) is 6.89. The number of unbranched alkanes of at least 4 members (excludes halogenated alkanes) is 2. The number of fused-ring (bicyclic) bond motifs is 6. The zero-order valence-corrected chi connectivity index (χ0v) is 63.8. The predicted octanol–water partition coefficient (Wildman–Crippen LogP) is 17.5. The molecule has 0 saturated carbocycles. The first-order chi connectivity index (χ1) is 53.8. The molecule has 0 unspecified atom stereocenters. The Morgan fingerprint density at radius 3 is 0.983 bits per heavy atom. The average molecular weight is 1920 g/mol. The van der Waals surface area contributed by atoms with Gasteiger partial charge < -0.3 is 45.3 Å². The number of imide groups is 1. The second-order valence-corrected chi connectivity index (χ2v) is 23.7. The molecule has 0 radical (unpaired) electrons. The quantitative estimate of drug-likeness (QED) is 0.0282. The fraction of sp³-hybridized carbons (Fsp3) is 0.140. The first-order valence-corrected chi connectivity index (χ1v) is 34.0. The van der Waals surface area contributed by atoms with E-state index in [2.05, 4.69) is 74.8 Å². The Bertz CT molecular complexity index is 5250. The van der Waals surface area contributed by atoms with Gasteiger partial charge in [0.1, 0.15) is 0 Å². The number of carboxylic acid groups (broad SMARTS) is 1. The molecular weight excluding hydrogens is 1850 g/mol. The Morgan fingerprint density at radius 1 is 0.383 bits per heavy atom. The number of carbonyl (C=O) groups excluding carboxylic acids is 6. The van der Waals surface area contributed by atoms with Gasteiger partial charge in [-0.25, -0.2) is 4.79 Å². The van der Waals surface area contributed by atoms with E-state index in [-0.39, 0.29) is 128 Å². The van der Waals surface area contributed by atoms with Crippen molar-refractivity contribution in [3.8, 4) is 45.0 Å². The van der Waals surface area contributed by atoms with Gasteiger partial charge >= 0.3 is 46.2 Å². The smallest absolute Gasteiger partial charge is 0.550 e. The predicted molar refractivity (Wildman–Crippen MR) is 408 cm³/mol. The summed E-state index contributed by atoms with van der Waals surface area (Å²) in [7, 11) is 0. The number of hydrogen-bond donors (Lipinski definition) is 2. The third-order valence-electron chi connectivity index (χ3n) is 15.9. The topological polar surface area (TPSA) is 265 Å².